The van der Waals surface area contributed by atoms with Crippen molar-refractivity contribution in [1.82, 2.24) is 14.7 Å². The third kappa shape index (κ3) is 5.60. The molecule has 0 spiro atoms. The largest absolute Gasteiger partial charge is 0.444 e. The Hall–Kier alpha value is -1.50. The second-order valence-electron chi connectivity index (χ2n) is 10.5. The Balaban J connectivity index is 1.59. The summed E-state index contributed by atoms with van der Waals surface area (Å²) in [5.41, 5.74) is 0.310. The number of benzene rings is 1. The van der Waals surface area contributed by atoms with Gasteiger partial charge in [0, 0.05) is 19.1 Å². The van der Waals surface area contributed by atoms with Crippen LogP contribution in [0.2, 0.25) is 10.0 Å². The zero-order valence-electron chi connectivity index (χ0n) is 19.9. The lowest BCUT2D eigenvalue weighted by molar-refractivity contribution is -0.142. The van der Waals surface area contributed by atoms with Gasteiger partial charge in [0.2, 0.25) is 5.91 Å². The maximum atomic E-state index is 13.6. The molecule has 8 heteroatoms. The highest BCUT2D eigenvalue weighted by molar-refractivity contribution is 6.42. The summed E-state index contributed by atoms with van der Waals surface area (Å²) >= 11 is 12.2. The summed E-state index contributed by atoms with van der Waals surface area (Å²) < 4.78 is 5.75. The van der Waals surface area contributed by atoms with Crippen molar-refractivity contribution in [1.29, 1.82) is 0 Å². The van der Waals surface area contributed by atoms with Gasteiger partial charge in [-0.2, -0.15) is 0 Å². The van der Waals surface area contributed by atoms with Crippen LogP contribution in [0.25, 0.3) is 0 Å². The van der Waals surface area contributed by atoms with E-state index in [1.165, 1.54) is 12.8 Å². The first-order chi connectivity index (χ1) is 15.6. The minimum absolute atomic E-state index is 0.0200. The molecule has 3 fully saturated rings. The molecule has 1 aromatic carbocycles. The van der Waals surface area contributed by atoms with Crippen molar-refractivity contribution in [2.45, 2.75) is 83.0 Å². The van der Waals surface area contributed by atoms with E-state index in [-0.39, 0.29) is 36.5 Å². The van der Waals surface area contributed by atoms with Crippen LogP contribution in [0.5, 0.6) is 0 Å². The third-order valence-electron chi connectivity index (χ3n) is 7.03. The van der Waals surface area contributed by atoms with E-state index < -0.39 is 5.60 Å². The Morgan fingerprint density at radius 3 is 2.27 bits per heavy atom. The molecular weight excluding hydrogens is 461 g/mol. The molecule has 0 N–H and O–H groups in total. The fraction of sp³-hybridized carbons (Fsp3) is 0.680. The van der Waals surface area contributed by atoms with Gasteiger partial charge in [-0.1, -0.05) is 29.3 Å². The fourth-order valence-corrected chi connectivity index (χ4v) is 5.98. The van der Waals surface area contributed by atoms with Crippen molar-refractivity contribution < 1.29 is 14.3 Å². The van der Waals surface area contributed by atoms with E-state index in [1.807, 2.05) is 36.6 Å². The van der Waals surface area contributed by atoms with Gasteiger partial charge in [0.1, 0.15) is 5.60 Å². The Labute approximate surface area is 207 Å². The molecule has 0 radical (unpaired) electrons. The lowest BCUT2D eigenvalue weighted by Gasteiger charge is -2.54. The van der Waals surface area contributed by atoms with E-state index in [9.17, 15) is 9.59 Å². The van der Waals surface area contributed by atoms with Crippen molar-refractivity contribution >= 4 is 35.2 Å². The van der Waals surface area contributed by atoms with Crippen LogP contribution < -0.4 is 0 Å². The molecule has 33 heavy (non-hydrogen) atoms. The van der Waals surface area contributed by atoms with Crippen molar-refractivity contribution in [2.24, 2.45) is 0 Å². The molecule has 1 saturated carbocycles. The lowest BCUT2D eigenvalue weighted by atomic mass is 9.81. The average molecular weight is 496 g/mol. The number of likely N-dealkylation sites (tertiary alicyclic amines) is 1. The molecular formula is C25H35Cl2N3O3. The zero-order valence-corrected chi connectivity index (χ0v) is 21.4. The summed E-state index contributed by atoms with van der Waals surface area (Å²) in [6.07, 6.45) is 5.40. The minimum Gasteiger partial charge on any atom is -0.444 e. The molecule has 3 aliphatic rings. The molecule has 6 nitrogen and oxygen atoms in total. The summed E-state index contributed by atoms with van der Waals surface area (Å²) in [4.78, 5) is 33.1. The first kappa shape index (κ1) is 24.6. The second kappa shape index (κ2) is 10.0. The van der Waals surface area contributed by atoms with Gasteiger partial charge in [-0.15, -0.1) is 0 Å². The number of ether oxygens (including phenoxy) is 1. The van der Waals surface area contributed by atoms with Crippen LogP contribution in [0.4, 0.5) is 4.79 Å². The van der Waals surface area contributed by atoms with Gasteiger partial charge in [-0.05, 0) is 83.7 Å². The van der Waals surface area contributed by atoms with E-state index in [0.29, 0.717) is 23.1 Å². The molecule has 1 aliphatic carbocycles. The van der Waals surface area contributed by atoms with E-state index >= 15 is 0 Å². The Kier molecular flexibility index (Phi) is 7.47. The molecule has 2 heterocycles. The van der Waals surface area contributed by atoms with Crippen molar-refractivity contribution in [2.75, 3.05) is 26.2 Å². The van der Waals surface area contributed by atoms with Crippen LogP contribution in [-0.2, 0) is 16.0 Å². The van der Waals surface area contributed by atoms with Gasteiger partial charge < -0.3 is 14.5 Å². The highest BCUT2D eigenvalue weighted by Crippen LogP contribution is 2.36. The third-order valence-corrected chi connectivity index (χ3v) is 7.77. The second-order valence-corrected chi connectivity index (χ2v) is 11.3. The number of hydrogen-bond donors (Lipinski definition) is 0. The smallest absolute Gasteiger partial charge is 0.410 e. The maximum absolute atomic E-state index is 13.6. The van der Waals surface area contributed by atoms with Crippen molar-refractivity contribution in [3.63, 3.8) is 0 Å². The van der Waals surface area contributed by atoms with Crippen LogP contribution in [0.15, 0.2) is 18.2 Å². The molecule has 1 aromatic rings. The van der Waals surface area contributed by atoms with Gasteiger partial charge in [0.05, 0.1) is 28.5 Å². The van der Waals surface area contributed by atoms with Crippen LogP contribution in [0, 0.1) is 0 Å². The zero-order chi connectivity index (χ0) is 23.8. The number of halogens is 2. The Morgan fingerprint density at radius 2 is 1.61 bits per heavy atom. The minimum atomic E-state index is -0.545. The predicted molar refractivity (Wildman–Crippen MR) is 131 cm³/mol. The Morgan fingerprint density at radius 1 is 0.939 bits per heavy atom. The van der Waals surface area contributed by atoms with Gasteiger partial charge in [0.25, 0.3) is 0 Å². The topological polar surface area (TPSA) is 53.1 Å². The van der Waals surface area contributed by atoms with Crippen molar-refractivity contribution in [3.8, 4) is 0 Å². The van der Waals surface area contributed by atoms with Gasteiger partial charge in [-0.25, -0.2) is 4.79 Å². The molecule has 0 unspecified atom stereocenters. The normalized spacial score (nSPS) is 26.3. The molecule has 182 valence electrons. The quantitative estimate of drug-likeness (QED) is 0.591. The fourth-order valence-electron chi connectivity index (χ4n) is 5.66. The molecule has 4 rings (SSSR count). The number of carbonyl (C=O) groups excluding carboxylic acids is 2. The van der Waals surface area contributed by atoms with Gasteiger partial charge in [0.15, 0.2) is 0 Å². The van der Waals surface area contributed by atoms with Crippen LogP contribution in [0.3, 0.4) is 0 Å². The maximum Gasteiger partial charge on any atom is 0.410 e. The van der Waals surface area contributed by atoms with Gasteiger partial charge >= 0.3 is 6.09 Å². The van der Waals surface area contributed by atoms with Gasteiger partial charge in [-0.3, -0.25) is 9.69 Å². The first-order valence-corrected chi connectivity index (χ1v) is 12.9. The van der Waals surface area contributed by atoms with Crippen LogP contribution in [0.1, 0.15) is 58.4 Å². The molecule has 2 amide bonds. The summed E-state index contributed by atoms with van der Waals surface area (Å²) in [5.74, 6) is 0.0818. The molecule has 0 bridgehead atoms. The van der Waals surface area contributed by atoms with E-state index in [4.69, 9.17) is 27.9 Å². The summed E-state index contributed by atoms with van der Waals surface area (Å²) in [6, 6.07) is 5.60. The monoisotopic (exact) mass is 495 g/mol. The van der Waals surface area contributed by atoms with Crippen LogP contribution >= 0.6 is 23.2 Å². The summed E-state index contributed by atoms with van der Waals surface area (Å²) in [5, 5.41) is 0.947. The lowest BCUT2D eigenvalue weighted by Crippen LogP contribution is -2.69. The average Bonchev–Trinajstić information content (AvgIpc) is 3.28. The van der Waals surface area contributed by atoms with E-state index in [2.05, 4.69) is 4.90 Å². The first-order valence-electron chi connectivity index (χ1n) is 12.1. The number of fused-ring (bicyclic) bond motifs is 1. The number of hydrogen-bond acceptors (Lipinski definition) is 4. The molecule has 3 atom stereocenters. The highest BCUT2D eigenvalue weighted by Gasteiger charge is 2.49. The Bertz CT molecular complexity index is 882. The molecule has 2 saturated heterocycles. The highest BCUT2D eigenvalue weighted by atomic mass is 35.5. The van der Waals surface area contributed by atoms with E-state index in [1.54, 1.807) is 12.1 Å². The van der Waals surface area contributed by atoms with Crippen molar-refractivity contribution in [3.05, 3.63) is 33.8 Å². The summed E-state index contributed by atoms with van der Waals surface area (Å²) in [6.45, 7) is 8.83. The summed E-state index contributed by atoms with van der Waals surface area (Å²) in [7, 11) is 0. The molecule has 2 aliphatic heterocycles. The molecule has 0 aromatic heterocycles. The predicted octanol–water partition coefficient (Wildman–Crippen LogP) is 5.00. The van der Waals surface area contributed by atoms with Crippen LogP contribution in [-0.4, -0.2) is 76.6 Å². The number of piperazine rings is 1. The number of rotatable bonds is 3. The van der Waals surface area contributed by atoms with E-state index in [0.717, 1.165) is 37.9 Å². The number of amides is 2. The standard InChI is InChI=1S/C25H35Cl2N3O3/c1-25(2,3)33-24(32)29-13-14-30(22(31)16-17-9-10-18(26)19(27)15-17)23-20(7-6-8-21(23)29)28-11-4-5-12-28/h9-10,15,20-21,23H,4-8,11-14,16H2,1-3H3/t20-,21-,23+/m0/s1. The SMILES string of the molecule is CC(C)(C)OC(=O)N1CCN(C(=O)Cc2ccc(Cl)c(Cl)c2)[C@@H]2[C@@H](N3CCCC3)CCC[C@@H]21. The number of carbonyl (C=O) groups is 2. The number of nitrogens with zero attached hydrogens (tertiary/aromatic N) is 3.